The van der Waals surface area contributed by atoms with Gasteiger partial charge in [0.1, 0.15) is 0 Å². The van der Waals surface area contributed by atoms with Crippen LogP contribution in [-0.4, -0.2) is 24.1 Å². The van der Waals surface area contributed by atoms with E-state index in [1.807, 2.05) is 0 Å². The average molecular weight is 222 g/mol. The summed E-state index contributed by atoms with van der Waals surface area (Å²) in [5.41, 5.74) is 1.82. The van der Waals surface area contributed by atoms with Crippen molar-refractivity contribution in [3.05, 3.63) is 33.2 Å². The second kappa shape index (κ2) is 4.49. The number of rotatable bonds is 2. The van der Waals surface area contributed by atoms with Crippen LogP contribution in [0.1, 0.15) is 28.4 Å². The van der Waals surface area contributed by atoms with Crippen LogP contribution in [0.5, 0.6) is 0 Å². The molecule has 86 valence electrons. The monoisotopic (exact) mass is 222 g/mol. The number of carbonyl (C=O) groups excluding carboxylic acids is 1. The number of esters is 1. The molecule has 0 radical (unpaired) electrons. The molecule has 0 saturated heterocycles. The lowest BCUT2D eigenvalue weighted by molar-refractivity contribution is 0.0524. The normalized spacial score (nSPS) is 14.3. The van der Waals surface area contributed by atoms with Crippen molar-refractivity contribution in [2.24, 2.45) is 0 Å². The summed E-state index contributed by atoms with van der Waals surface area (Å²) < 4.78 is 4.95. The van der Waals surface area contributed by atoms with Crippen LogP contribution >= 0.6 is 0 Å². The zero-order chi connectivity index (χ0) is 11.5. The lowest BCUT2D eigenvalue weighted by Crippen LogP contribution is -2.32. The van der Waals surface area contributed by atoms with Gasteiger partial charge in [-0.3, -0.25) is 4.79 Å². The number of hydrogen-bond donors (Lipinski definition) is 2. The Balaban J connectivity index is 2.47. The first kappa shape index (κ1) is 10.9. The highest BCUT2D eigenvalue weighted by atomic mass is 16.5. The molecule has 0 aliphatic carbocycles. The van der Waals surface area contributed by atoms with Crippen molar-refractivity contribution >= 4 is 5.97 Å². The molecule has 2 rings (SSSR count). The quantitative estimate of drug-likeness (QED) is 0.701. The molecule has 1 aliphatic heterocycles. The van der Waals surface area contributed by atoms with Crippen molar-refractivity contribution in [3.8, 4) is 0 Å². The van der Waals surface area contributed by atoms with Gasteiger partial charge >= 0.3 is 5.97 Å². The Morgan fingerprint density at radius 3 is 3.06 bits per heavy atom. The van der Waals surface area contributed by atoms with Crippen molar-refractivity contribution < 1.29 is 9.53 Å². The summed E-state index contributed by atoms with van der Waals surface area (Å²) in [5.74, 6) is -0.376. The summed E-state index contributed by atoms with van der Waals surface area (Å²) in [6, 6.07) is 0. The van der Waals surface area contributed by atoms with E-state index in [1.165, 1.54) is 6.20 Å². The van der Waals surface area contributed by atoms with E-state index in [0.717, 1.165) is 12.1 Å². The molecule has 0 saturated carbocycles. The molecule has 2 heterocycles. The lowest BCUT2D eigenvalue weighted by Gasteiger charge is -2.18. The van der Waals surface area contributed by atoms with Gasteiger partial charge in [0.15, 0.2) is 0 Å². The molecule has 5 heteroatoms. The number of H-pyrrole nitrogens is 1. The topological polar surface area (TPSA) is 71.2 Å². The van der Waals surface area contributed by atoms with E-state index in [0.29, 0.717) is 30.7 Å². The first-order valence-corrected chi connectivity index (χ1v) is 5.35. The van der Waals surface area contributed by atoms with Gasteiger partial charge in [0.2, 0.25) is 0 Å². The Bertz CT molecular complexity index is 465. The molecule has 0 fully saturated rings. The molecule has 2 N–H and O–H groups in total. The maximum Gasteiger partial charge on any atom is 0.339 e. The fourth-order valence-corrected chi connectivity index (χ4v) is 1.90. The van der Waals surface area contributed by atoms with Gasteiger partial charge in [-0.2, -0.15) is 0 Å². The second-order valence-electron chi connectivity index (χ2n) is 3.64. The number of aromatic nitrogens is 1. The van der Waals surface area contributed by atoms with Crippen LogP contribution in [0, 0.1) is 0 Å². The van der Waals surface area contributed by atoms with Crippen LogP contribution in [-0.2, 0) is 17.7 Å². The van der Waals surface area contributed by atoms with E-state index >= 15 is 0 Å². The van der Waals surface area contributed by atoms with Crippen LogP contribution in [0.25, 0.3) is 0 Å². The first-order valence-electron chi connectivity index (χ1n) is 5.35. The summed E-state index contributed by atoms with van der Waals surface area (Å²) in [7, 11) is 0. The molecular weight excluding hydrogens is 208 g/mol. The van der Waals surface area contributed by atoms with Crippen LogP contribution < -0.4 is 10.9 Å². The van der Waals surface area contributed by atoms with Crippen LogP contribution in [0.15, 0.2) is 11.0 Å². The highest BCUT2D eigenvalue weighted by Crippen LogP contribution is 2.15. The van der Waals surface area contributed by atoms with Crippen LogP contribution in [0.4, 0.5) is 0 Å². The highest BCUT2D eigenvalue weighted by molar-refractivity contribution is 5.91. The van der Waals surface area contributed by atoms with E-state index in [1.54, 1.807) is 6.92 Å². The molecule has 0 amide bonds. The van der Waals surface area contributed by atoms with Crippen LogP contribution in [0.3, 0.4) is 0 Å². The minimum Gasteiger partial charge on any atom is -0.462 e. The summed E-state index contributed by atoms with van der Waals surface area (Å²) in [4.78, 5) is 25.8. The maximum atomic E-state index is 11.7. The zero-order valence-electron chi connectivity index (χ0n) is 9.13. The largest absolute Gasteiger partial charge is 0.462 e. The first-order chi connectivity index (χ1) is 7.74. The third-order valence-electron chi connectivity index (χ3n) is 2.66. The third kappa shape index (κ3) is 1.86. The third-order valence-corrected chi connectivity index (χ3v) is 2.66. The predicted molar refractivity (Wildman–Crippen MR) is 58.4 cm³/mol. The maximum absolute atomic E-state index is 11.7. The Kier molecular flexibility index (Phi) is 3.05. The summed E-state index contributed by atoms with van der Waals surface area (Å²) in [5, 5.41) is 3.14. The summed E-state index contributed by atoms with van der Waals surface area (Å²) >= 11 is 0. The fraction of sp³-hybridized carbons (Fsp3) is 0.455. The number of nitrogens with one attached hydrogen (secondary N) is 2. The van der Waals surface area contributed by atoms with Crippen molar-refractivity contribution in [3.63, 3.8) is 0 Å². The molecule has 0 aromatic carbocycles. The number of hydrogen-bond acceptors (Lipinski definition) is 4. The molecule has 1 aromatic rings. The number of pyridine rings is 1. The number of ether oxygens (including phenoxy) is 1. The standard InChI is InChI=1S/C11H14N2O3/c1-2-16-11(15)9-6-13-10(14)7-3-4-12-5-8(7)9/h6,12H,2-5H2,1H3,(H,13,14). The molecule has 16 heavy (non-hydrogen) atoms. The Morgan fingerprint density at radius 1 is 1.50 bits per heavy atom. The van der Waals surface area contributed by atoms with E-state index in [9.17, 15) is 9.59 Å². The van der Waals surface area contributed by atoms with E-state index in [2.05, 4.69) is 10.3 Å². The van der Waals surface area contributed by atoms with Gasteiger partial charge in [-0.15, -0.1) is 0 Å². The smallest absolute Gasteiger partial charge is 0.339 e. The number of carbonyl (C=O) groups is 1. The van der Waals surface area contributed by atoms with Crippen molar-refractivity contribution in [1.29, 1.82) is 0 Å². The SMILES string of the molecule is CCOC(=O)c1c[nH]c(=O)c2c1CNCC2. The number of aromatic amines is 1. The van der Waals surface area contributed by atoms with Gasteiger partial charge < -0.3 is 15.0 Å². The van der Waals surface area contributed by atoms with E-state index in [-0.39, 0.29) is 11.5 Å². The van der Waals surface area contributed by atoms with Crippen LogP contribution in [0.2, 0.25) is 0 Å². The van der Waals surface area contributed by atoms with E-state index in [4.69, 9.17) is 4.74 Å². The van der Waals surface area contributed by atoms with Gasteiger partial charge in [-0.05, 0) is 25.5 Å². The van der Waals surface area contributed by atoms with E-state index < -0.39 is 0 Å². The minimum absolute atomic E-state index is 0.107. The molecule has 1 aliphatic rings. The lowest BCUT2D eigenvalue weighted by atomic mass is 9.99. The predicted octanol–water partition coefficient (Wildman–Crippen LogP) is 0.197. The molecule has 0 spiro atoms. The second-order valence-corrected chi connectivity index (χ2v) is 3.64. The molecule has 0 atom stereocenters. The van der Waals surface area contributed by atoms with Crippen molar-refractivity contribution in [2.45, 2.75) is 19.9 Å². The van der Waals surface area contributed by atoms with Gasteiger partial charge in [0.25, 0.3) is 5.56 Å². The van der Waals surface area contributed by atoms with Gasteiger partial charge in [0.05, 0.1) is 12.2 Å². The Morgan fingerprint density at radius 2 is 2.31 bits per heavy atom. The summed E-state index contributed by atoms with van der Waals surface area (Å²) in [6.07, 6.45) is 2.09. The Hall–Kier alpha value is -1.62. The fourth-order valence-electron chi connectivity index (χ4n) is 1.90. The number of fused-ring (bicyclic) bond motifs is 1. The Labute approximate surface area is 92.8 Å². The molecule has 0 unspecified atom stereocenters. The molecule has 0 bridgehead atoms. The molecule has 5 nitrogen and oxygen atoms in total. The van der Waals surface area contributed by atoms with Crippen molar-refractivity contribution in [1.82, 2.24) is 10.3 Å². The van der Waals surface area contributed by atoms with Crippen molar-refractivity contribution in [2.75, 3.05) is 13.2 Å². The van der Waals surface area contributed by atoms with Gasteiger partial charge in [-0.1, -0.05) is 0 Å². The minimum atomic E-state index is -0.376. The summed E-state index contributed by atoms with van der Waals surface area (Å²) in [6.45, 7) is 3.41. The van der Waals surface area contributed by atoms with Gasteiger partial charge in [-0.25, -0.2) is 4.79 Å². The molecular formula is C11H14N2O3. The highest BCUT2D eigenvalue weighted by Gasteiger charge is 2.20. The van der Waals surface area contributed by atoms with Gasteiger partial charge in [0, 0.05) is 18.3 Å². The molecule has 1 aromatic heterocycles. The zero-order valence-corrected chi connectivity index (χ0v) is 9.13. The average Bonchev–Trinajstić information content (AvgIpc) is 2.30.